The Morgan fingerprint density at radius 2 is 2.11 bits per heavy atom. The summed E-state index contributed by atoms with van der Waals surface area (Å²) in [5, 5.41) is 9.41. The zero-order valence-electron chi connectivity index (χ0n) is 9.80. The molecule has 90 valence electrons. The SMILES string of the molecule is CCc1cc(=O)cc2oc3cc(O)ccc3nc1-2. The Bertz CT molecular complexity index is 761. The maximum absolute atomic E-state index is 11.5. The average Bonchev–Trinajstić information content (AvgIpc) is 2.35. The smallest absolute Gasteiger partial charge is 0.182 e. The molecule has 0 fully saturated rings. The lowest BCUT2D eigenvalue weighted by atomic mass is 10.1. The number of fused-ring (bicyclic) bond motifs is 2. The maximum atomic E-state index is 11.5. The van der Waals surface area contributed by atoms with Crippen LogP contribution >= 0.6 is 0 Å². The number of rotatable bonds is 1. The molecular weight excluding hydrogens is 230 g/mol. The van der Waals surface area contributed by atoms with Crippen LogP contribution in [-0.2, 0) is 6.42 Å². The maximum Gasteiger partial charge on any atom is 0.182 e. The van der Waals surface area contributed by atoms with Gasteiger partial charge in [0, 0.05) is 12.1 Å². The van der Waals surface area contributed by atoms with Crippen molar-refractivity contribution in [3.8, 4) is 17.2 Å². The van der Waals surface area contributed by atoms with Gasteiger partial charge in [0.25, 0.3) is 0 Å². The molecule has 0 bridgehead atoms. The van der Waals surface area contributed by atoms with Gasteiger partial charge >= 0.3 is 0 Å². The van der Waals surface area contributed by atoms with E-state index < -0.39 is 0 Å². The van der Waals surface area contributed by atoms with E-state index in [2.05, 4.69) is 4.98 Å². The van der Waals surface area contributed by atoms with E-state index in [-0.39, 0.29) is 11.2 Å². The second-order valence-electron chi connectivity index (χ2n) is 4.15. The Morgan fingerprint density at radius 1 is 1.28 bits per heavy atom. The van der Waals surface area contributed by atoms with Gasteiger partial charge in [-0.2, -0.15) is 0 Å². The number of phenols is 1. The Balaban J connectivity index is 2.45. The van der Waals surface area contributed by atoms with Crippen molar-refractivity contribution in [2.24, 2.45) is 0 Å². The summed E-state index contributed by atoms with van der Waals surface area (Å²) in [4.78, 5) is 16.0. The van der Waals surface area contributed by atoms with Crippen LogP contribution < -0.4 is 5.43 Å². The Morgan fingerprint density at radius 3 is 2.89 bits per heavy atom. The van der Waals surface area contributed by atoms with E-state index in [1.54, 1.807) is 18.2 Å². The summed E-state index contributed by atoms with van der Waals surface area (Å²) >= 11 is 0. The second kappa shape index (κ2) is 3.84. The minimum absolute atomic E-state index is 0.0931. The van der Waals surface area contributed by atoms with Crippen molar-refractivity contribution in [3.63, 3.8) is 0 Å². The van der Waals surface area contributed by atoms with Crippen LogP contribution in [0.4, 0.5) is 0 Å². The fraction of sp³-hybridized carbons (Fsp3) is 0.143. The van der Waals surface area contributed by atoms with Crippen molar-refractivity contribution in [1.29, 1.82) is 0 Å². The number of phenolic OH excluding ortho intramolecular Hbond substituents is 1. The molecule has 1 aliphatic heterocycles. The van der Waals surface area contributed by atoms with Gasteiger partial charge in [0.2, 0.25) is 0 Å². The summed E-state index contributed by atoms with van der Waals surface area (Å²) in [5.41, 5.74) is 2.61. The highest BCUT2D eigenvalue weighted by atomic mass is 16.3. The molecule has 1 N–H and O–H groups in total. The Labute approximate surface area is 103 Å². The van der Waals surface area contributed by atoms with Crippen LogP contribution in [0.15, 0.2) is 39.5 Å². The number of nitrogens with zero attached hydrogens (tertiary/aromatic N) is 1. The van der Waals surface area contributed by atoms with Crippen molar-refractivity contribution in [3.05, 3.63) is 46.1 Å². The van der Waals surface area contributed by atoms with E-state index >= 15 is 0 Å². The van der Waals surface area contributed by atoms with Gasteiger partial charge in [0.05, 0.1) is 0 Å². The molecule has 1 heterocycles. The first-order chi connectivity index (χ1) is 8.67. The topological polar surface area (TPSA) is 63.3 Å². The molecule has 3 rings (SSSR count). The van der Waals surface area contributed by atoms with E-state index in [1.807, 2.05) is 6.92 Å². The minimum Gasteiger partial charge on any atom is -0.508 e. The number of hydrogen-bond acceptors (Lipinski definition) is 4. The first-order valence-corrected chi connectivity index (χ1v) is 5.74. The molecule has 0 atom stereocenters. The molecular formula is C14H11NO3. The van der Waals surface area contributed by atoms with E-state index in [9.17, 15) is 9.90 Å². The van der Waals surface area contributed by atoms with Crippen LogP contribution in [0.5, 0.6) is 5.75 Å². The van der Waals surface area contributed by atoms with E-state index in [1.165, 1.54) is 12.1 Å². The standard InChI is InChI=1S/C14H11NO3/c1-2-8-5-10(17)7-13-14(8)15-11-4-3-9(16)6-12(11)18-13/h3-7,16H,2H2,1H3. The lowest BCUT2D eigenvalue weighted by Crippen LogP contribution is -2.04. The van der Waals surface area contributed by atoms with Gasteiger partial charge < -0.3 is 9.52 Å². The zero-order chi connectivity index (χ0) is 12.7. The van der Waals surface area contributed by atoms with Crippen molar-refractivity contribution in [2.75, 3.05) is 0 Å². The van der Waals surface area contributed by atoms with Gasteiger partial charge in [-0.3, -0.25) is 4.79 Å². The van der Waals surface area contributed by atoms with Gasteiger partial charge in [-0.25, -0.2) is 4.98 Å². The first kappa shape index (κ1) is 10.8. The monoisotopic (exact) mass is 241 g/mol. The van der Waals surface area contributed by atoms with Crippen molar-refractivity contribution < 1.29 is 9.52 Å². The van der Waals surface area contributed by atoms with Gasteiger partial charge in [0.1, 0.15) is 17.0 Å². The molecule has 4 heteroatoms. The highest BCUT2D eigenvalue weighted by Gasteiger charge is 2.14. The largest absolute Gasteiger partial charge is 0.508 e. The highest BCUT2D eigenvalue weighted by Crippen LogP contribution is 2.28. The third-order valence-electron chi connectivity index (χ3n) is 2.90. The summed E-state index contributed by atoms with van der Waals surface area (Å²) in [6, 6.07) is 7.75. The fourth-order valence-corrected chi connectivity index (χ4v) is 2.03. The predicted octanol–water partition coefficient (Wildman–Crippen LogP) is 2.56. The van der Waals surface area contributed by atoms with Gasteiger partial charge in [-0.05, 0) is 30.2 Å². The van der Waals surface area contributed by atoms with Crippen molar-refractivity contribution in [2.45, 2.75) is 13.3 Å². The van der Waals surface area contributed by atoms with E-state index in [4.69, 9.17) is 4.42 Å². The normalized spacial score (nSPS) is 11.2. The number of aromatic hydroxyl groups is 1. The van der Waals surface area contributed by atoms with Gasteiger partial charge in [0.15, 0.2) is 16.8 Å². The second-order valence-corrected chi connectivity index (χ2v) is 4.15. The quantitative estimate of drug-likeness (QED) is 0.665. The number of aryl methyl sites for hydroxylation is 1. The summed E-state index contributed by atoms with van der Waals surface area (Å²) < 4.78 is 5.63. The minimum atomic E-state index is -0.0931. The van der Waals surface area contributed by atoms with Crippen LogP contribution in [0.1, 0.15) is 12.5 Å². The summed E-state index contributed by atoms with van der Waals surface area (Å²) in [6.45, 7) is 1.97. The molecule has 2 aliphatic rings. The first-order valence-electron chi connectivity index (χ1n) is 5.74. The Hall–Kier alpha value is -2.36. The van der Waals surface area contributed by atoms with Crippen molar-refractivity contribution >= 4 is 11.1 Å². The molecule has 0 aromatic heterocycles. The lowest BCUT2D eigenvalue weighted by Gasteiger charge is -2.09. The molecule has 0 radical (unpaired) electrons. The molecule has 1 aromatic rings. The van der Waals surface area contributed by atoms with Gasteiger partial charge in [-0.1, -0.05) is 6.92 Å². The molecule has 18 heavy (non-hydrogen) atoms. The van der Waals surface area contributed by atoms with Crippen LogP contribution in [0.25, 0.3) is 22.6 Å². The summed E-state index contributed by atoms with van der Waals surface area (Å²) in [5.74, 6) is 0.568. The number of benzene rings is 2. The predicted molar refractivity (Wildman–Crippen MR) is 67.9 cm³/mol. The van der Waals surface area contributed by atoms with Crippen LogP contribution in [-0.4, -0.2) is 10.1 Å². The molecule has 4 nitrogen and oxygen atoms in total. The number of hydrogen-bond donors (Lipinski definition) is 1. The number of aromatic nitrogens is 1. The molecule has 0 saturated heterocycles. The molecule has 0 spiro atoms. The lowest BCUT2D eigenvalue weighted by molar-refractivity contribution is 0.474. The van der Waals surface area contributed by atoms with E-state index in [0.29, 0.717) is 22.6 Å². The van der Waals surface area contributed by atoms with Crippen LogP contribution in [0.2, 0.25) is 0 Å². The van der Waals surface area contributed by atoms with Crippen LogP contribution in [0, 0.1) is 0 Å². The molecule has 0 saturated carbocycles. The van der Waals surface area contributed by atoms with E-state index in [0.717, 1.165) is 12.0 Å². The summed E-state index contributed by atoms with van der Waals surface area (Å²) in [6.07, 6.45) is 0.721. The van der Waals surface area contributed by atoms with Crippen LogP contribution in [0.3, 0.4) is 0 Å². The third kappa shape index (κ3) is 1.62. The molecule has 1 aliphatic carbocycles. The highest BCUT2D eigenvalue weighted by molar-refractivity contribution is 5.78. The fourth-order valence-electron chi connectivity index (χ4n) is 2.03. The molecule has 1 aromatic carbocycles. The zero-order valence-corrected chi connectivity index (χ0v) is 9.80. The molecule has 0 unspecified atom stereocenters. The Kier molecular flexibility index (Phi) is 2.30. The summed E-state index contributed by atoms with van der Waals surface area (Å²) in [7, 11) is 0. The average molecular weight is 241 g/mol. The molecule has 0 amide bonds. The van der Waals surface area contributed by atoms with Gasteiger partial charge in [-0.15, -0.1) is 0 Å². The van der Waals surface area contributed by atoms with Crippen molar-refractivity contribution in [1.82, 2.24) is 4.98 Å². The third-order valence-corrected chi connectivity index (χ3v) is 2.90.